The van der Waals surface area contributed by atoms with Gasteiger partial charge in [0.1, 0.15) is 35.1 Å². The van der Waals surface area contributed by atoms with Crippen molar-refractivity contribution in [2.75, 3.05) is 20.3 Å². The van der Waals surface area contributed by atoms with Gasteiger partial charge in [-0.05, 0) is 48.7 Å². The molecule has 0 spiro atoms. The topological polar surface area (TPSA) is 98.9 Å². The van der Waals surface area contributed by atoms with Gasteiger partial charge >= 0.3 is 12.1 Å². The summed E-state index contributed by atoms with van der Waals surface area (Å²) in [6.07, 6.45) is -3.63. The molecule has 0 radical (unpaired) electrons. The van der Waals surface area contributed by atoms with Crippen LogP contribution in [-0.2, 0) is 43.6 Å². The minimum absolute atomic E-state index is 0.0412. The molecule has 9 nitrogen and oxygen atoms in total. The summed E-state index contributed by atoms with van der Waals surface area (Å²) in [4.78, 5) is 22.8. The highest BCUT2D eigenvalue weighted by molar-refractivity contribution is 6.30. The SMILES string of the molecule is COc1cc(C(=O)O)cc2c1nc(CN1CCc3cc(C(F)(F)F)c(OCc4ccc(Cl)cc4F)nc3C1)n2C[C@@H]1CCO1. The molecule has 0 bridgehead atoms. The highest BCUT2D eigenvalue weighted by Gasteiger charge is 2.37. The normalized spacial score (nSPS) is 16.9. The molecule has 4 heterocycles. The summed E-state index contributed by atoms with van der Waals surface area (Å²) < 4.78 is 74.7. The molecule has 1 N–H and O–H groups in total. The second-order valence-corrected chi connectivity index (χ2v) is 11.1. The number of imidazole rings is 1. The van der Waals surface area contributed by atoms with Crippen molar-refractivity contribution in [1.29, 1.82) is 0 Å². The van der Waals surface area contributed by atoms with E-state index in [1.54, 1.807) is 6.07 Å². The van der Waals surface area contributed by atoms with Crippen LogP contribution in [-0.4, -0.2) is 56.9 Å². The fourth-order valence-electron chi connectivity index (χ4n) is 5.40. The number of rotatable bonds is 9. The third-order valence-corrected chi connectivity index (χ3v) is 8.06. The standard InChI is InChI=1S/C30H27ClF4N4O5/c1-42-25-10-18(29(40)41)9-24-27(25)37-26(39(24)12-20-5-7-43-20)14-38-6-4-16-8-21(30(33,34)35)28(36-23(16)13-38)44-15-17-2-3-19(31)11-22(17)32/h2-3,8-11,20H,4-7,12-15H2,1H3,(H,40,41)/t20-/m0/s1. The van der Waals surface area contributed by atoms with E-state index in [-0.39, 0.29) is 28.8 Å². The molecule has 0 amide bonds. The summed E-state index contributed by atoms with van der Waals surface area (Å²) in [6.45, 7) is 1.58. The molecule has 6 rings (SSSR count). The van der Waals surface area contributed by atoms with Crippen molar-refractivity contribution in [3.8, 4) is 11.6 Å². The predicted octanol–water partition coefficient (Wildman–Crippen LogP) is 5.88. The van der Waals surface area contributed by atoms with Crippen LogP contribution >= 0.6 is 11.6 Å². The van der Waals surface area contributed by atoms with Gasteiger partial charge in [0.05, 0.1) is 43.1 Å². The van der Waals surface area contributed by atoms with Gasteiger partial charge in [0.25, 0.3) is 0 Å². The Kier molecular flexibility index (Phi) is 8.12. The molecular weight excluding hydrogens is 608 g/mol. The van der Waals surface area contributed by atoms with Crippen molar-refractivity contribution < 1.29 is 41.7 Å². The maximum atomic E-state index is 14.3. The zero-order chi connectivity index (χ0) is 31.2. The number of aromatic carboxylic acids is 1. The fourth-order valence-corrected chi connectivity index (χ4v) is 5.56. The van der Waals surface area contributed by atoms with Crippen molar-refractivity contribution in [1.82, 2.24) is 19.4 Å². The van der Waals surface area contributed by atoms with Crippen LogP contribution in [0.25, 0.3) is 11.0 Å². The number of fused-ring (bicyclic) bond motifs is 2. The molecule has 2 aliphatic heterocycles. The third-order valence-electron chi connectivity index (χ3n) is 7.82. The Labute approximate surface area is 253 Å². The van der Waals surface area contributed by atoms with Gasteiger partial charge in [-0.1, -0.05) is 17.7 Å². The first-order valence-electron chi connectivity index (χ1n) is 13.8. The van der Waals surface area contributed by atoms with Gasteiger partial charge in [-0.3, -0.25) is 4.90 Å². The Balaban J connectivity index is 1.30. The van der Waals surface area contributed by atoms with E-state index in [9.17, 15) is 27.5 Å². The molecule has 1 fully saturated rings. The number of carboxylic acid groups (broad SMARTS) is 1. The number of ether oxygens (including phenoxy) is 3. The molecule has 0 saturated carbocycles. The molecule has 44 heavy (non-hydrogen) atoms. The molecule has 232 valence electrons. The number of nitrogens with zero attached hydrogens (tertiary/aromatic N) is 4. The summed E-state index contributed by atoms with van der Waals surface area (Å²) in [7, 11) is 1.44. The molecule has 2 aromatic carbocycles. The fraction of sp³-hybridized carbons (Fsp3) is 0.367. The quantitative estimate of drug-likeness (QED) is 0.228. The summed E-state index contributed by atoms with van der Waals surface area (Å²) in [5, 5.41) is 9.80. The average Bonchev–Trinajstić information content (AvgIpc) is 3.29. The molecule has 2 aromatic heterocycles. The van der Waals surface area contributed by atoms with E-state index < -0.39 is 36.0 Å². The summed E-state index contributed by atoms with van der Waals surface area (Å²) in [5.74, 6) is -1.49. The Morgan fingerprint density at radius 2 is 2.00 bits per heavy atom. The molecular formula is C30H27ClF4N4O5. The van der Waals surface area contributed by atoms with E-state index >= 15 is 0 Å². The van der Waals surface area contributed by atoms with Gasteiger partial charge in [-0.25, -0.2) is 19.2 Å². The van der Waals surface area contributed by atoms with Crippen LogP contribution in [0.1, 0.15) is 45.0 Å². The Morgan fingerprint density at radius 1 is 1.20 bits per heavy atom. The first-order valence-corrected chi connectivity index (χ1v) is 14.2. The van der Waals surface area contributed by atoms with Gasteiger partial charge in [0.15, 0.2) is 0 Å². The lowest BCUT2D eigenvalue weighted by molar-refractivity contribution is -0.139. The smallest absolute Gasteiger partial charge is 0.421 e. The minimum atomic E-state index is -4.73. The van der Waals surface area contributed by atoms with Crippen LogP contribution in [0, 0.1) is 5.82 Å². The molecule has 14 heteroatoms. The number of alkyl halides is 3. The van der Waals surface area contributed by atoms with Crippen LogP contribution in [0.3, 0.4) is 0 Å². The summed E-state index contributed by atoms with van der Waals surface area (Å²) >= 11 is 5.78. The minimum Gasteiger partial charge on any atom is -0.494 e. The van der Waals surface area contributed by atoms with E-state index in [2.05, 4.69) is 4.98 Å². The zero-order valence-electron chi connectivity index (χ0n) is 23.5. The van der Waals surface area contributed by atoms with E-state index in [0.717, 1.165) is 18.6 Å². The number of methoxy groups -OCH3 is 1. The molecule has 1 atom stereocenters. The van der Waals surface area contributed by atoms with Crippen molar-refractivity contribution in [3.05, 3.63) is 81.0 Å². The van der Waals surface area contributed by atoms with Crippen LogP contribution in [0.2, 0.25) is 5.02 Å². The first-order chi connectivity index (χ1) is 21.0. The molecule has 0 unspecified atom stereocenters. The molecule has 1 saturated heterocycles. The largest absolute Gasteiger partial charge is 0.494 e. The maximum absolute atomic E-state index is 14.3. The van der Waals surface area contributed by atoms with Crippen LogP contribution in [0.15, 0.2) is 36.4 Å². The van der Waals surface area contributed by atoms with E-state index in [4.69, 9.17) is 30.8 Å². The number of hydrogen-bond acceptors (Lipinski definition) is 7. The number of carboxylic acids is 1. The summed E-state index contributed by atoms with van der Waals surface area (Å²) in [5.41, 5.74) is 1.01. The third kappa shape index (κ3) is 6.04. The van der Waals surface area contributed by atoms with E-state index in [0.29, 0.717) is 66.5 Å². The van der Waals surface area contributed by atoms with E-state index in [1.165, 1.54) is 25.3 Å². The van der Waals surface area contributed by atoms with Gasteiger partial charge in [-0.2, -0.15) is 13.2 Å². The lowest BCUT2D eigenvalue weighted by Gasteiger charge is -2.30. The molecule has 4 aromatic rings. The van der Waals surface area contributed by atoms with Crippen molar-refractivity contribution in [2.45, 2.75) is 51.4 Å². The van der Waals surface area contributed by atoms with E-state index in [1.807, 2.05) is 9.47 Å². The molecule has 2 aliphatic rings. The Morgan fingerprint density at radius 3 is 2.66 bits per heavy atom. The Hall–Kier alpha value is -3.94. The predicted molar refractivity (Wildman–Crippen MR) is 150 cm³/mol. The number of halogens is 5. The number of benzene rings is 2. The lowest BCUT2D eigenvalue weighted by Crippen LogP contribution is -2.34. The average molecular weight is 635 g/mol. The summed E-state index contributed by atoms with van der Waals surface area (Å²) in [6, 6.07) is 7.85. The zero-order valence-corrected chi connectivity index (χ0v) is 24.2. The highest BCUT2D eigenvalue weighted by Crippen LogP contribution is 2.38. The van der Waals surface area contributed by atoms with Crippen LogP contribution in [0.4, 0.5) is 17.6 Å². The number of aromatic nitrogens is 3. The number of hydrogen-bond donors (Lipinski definition) is 1. The van der Waals surface area contributed by atoms with Crippen LogP contribution < -0.4 is 9.47 Å². The second-order valence-electron chi connectivity index (χ2n) is 10.7. The van der Waals surface area contributed by atoms with Crippen molar-refractivity contribution in [3.63, 3.8) is 0 Å². The number of carbonyl (C=O) groups is 1. The number of pyridine rings is 1. The van der Waals surface area contributed by atoms with Gasteiger partial charge < -0.3 is 23.9 Å². The lowest BCUT2D eigenvalue weighted by atomic mass is 10.0. The van der Waals surface area contributed by atoms with Crippen molar-refractivity contribution >= 4 is 28.6 Å². The van der Waals surface area contributed by atoms with Gasteiger partial charge in [-0.15, -0.1) is 0 Å². The molecule has 0 aliphatic carbocycles. The second kappa shape index (κ2) is 11.9. The van der Waals surface area contributed by atoms with Gasteiger partial charge in [0.2, 0.25) is 5.88 Å². The maximum Gasteiger partial charge on any atom is 0.421 e. The Bertz CT molecular complexity index is 1740. The monoisotopic (exact) mass is 634 g/mol. The highest BCUT2D eigenvalue weighted by atomic mass is 35.5. The van der Waals surface area contributed by atoms with Crippen molar-refractivity contribution in [2.24, 2.45) is 0 Å². The van der Waals surface area contributed by atoms with Crippen LogP contribution in [0.5, 0.6) is 11.6 Å². The van der Waals surface area contributed by atoms with Gasteiger partial charge in [0, 0.05) is 30.3 Å². The first kappa shape index (κ1) is 30.1.